The van der Waals surface area contributed by atoms with Gasteiger partial charge in [-0.3, -0.25) is 0 Å². The molecule has 1 aromatic carbocycles. The van der Waals surface area contributed by atoms with Gasteiger partial charge >= 0.3 is 6.18 Å². The molecule has 0 heterocycles. The number of hydrogen-bond acceptors (Lipinski definition) is 4. The number of methoxy groups -OCH3 is 1. The molecule has 0 aliphatic carbocycles. The molecule has 0 aliphatic heterocycles. The Morgan fingerprint density at radius 3 is 2.48 bits per heavy atom. The van der Waals surface area contributed by atoms with Crippen molar-refractivity contribution in [2.24, 2.45) is 5.73 Å². The largest absolute Gasteiger partial charge is 0.491 e. The standard InChI is InChI=1S/C14H20F3NO3/c1-19-5-2-6-20-7-8-21-13-4-3-12(14(15,16)17)9-11(13)10-18/h3-4,9H,2,5-8,10,18H2,1H3. The van der Waals surface area contributed by atoms with Gasteiger partial charge in [-0.2, -0.15) is 13.2 Å². The van der Waals surface area contributed by atoms with Crippen LogP contribution in [0, 0.1) is 0 Å². The van der Waals surface area contributed by atoms with Gasteiger partial charge in [-0.25, -0.2) is 0 Å². The van der Waals surface area contributed by atoms with Crippen molar-refractivity contribution in [2.45, 2.75) is 19.1 Å². The van der Waals surface area contributed by atoms with Gasteiger partial charge in [0.2, 0.25) is 0 Å². The van der Waals surface area contributed by atoms with Crippen molar-refractivity contribution in [3.8, 4) is 5.75 Å². The molecule has 0 saturated carbocycles. The lowest BCUT2D eigenvalue weighted by atomic mass is 10.1. The second-order valence-corrected chi connectivity index (χ2v) is 4.33. The molecule has 7 heteroatoms. The van der Waals surface area contributed by atoms with Crippen LogP contribution in [0.15, 0.2) is 18.2 Å². The number of hydrogen-bond donors (Lipinski definition) is 1. The van der Waals surface area contributed by atoms with Crippen molar-refractivity contribution < 1.29 is 27.4 Å². The molecule has 0 bridgehead atoms. The quantitative estimate of drug-likeness (QED) is 0.713. The van der Waals surface area contributed by atoms with Crippen molar-refractivity contribution in [1.29, 1.82) is 0 Å². The summed E-state index contributed by atoms with van der Waals surface area (Å²) in [6, 6.07) is 3.28. The third kappa shape index (κ3) is 6.33. The van der Waals surface area contributed by atoms with Crippen molar-refractivity contribution in [2.75, 3.05) is 33.5 Å². The summed E-state index contributed by atoms with van der Waals surface area (Å²) in [4.78, 5) is 0. The molecule has 2 N–H and O–H groups in total. The lowest BCUT2D eigenvalue weighted by Gasteiger charge is -2.13. The fourth-order valence-electron chi connectivity index (χ4n) is 1.67. The van der Waals surface area contributed by atoms with Crippen LogP contribution in [0.1, 0.15) is 17.5 Å². The topological polar surface area (TPSA) is 53.7 Å². The molecular weight excluding hydrogens is 287 g/mol. The number of nitrogens with two attached hydrogens (primary N) is 1. The summed E-state index contributed by atoms with van der Waals surface area (Å²) >= 11 is 0. The van der Waals surface area contributed by atoms with Crippen LogP contribution in [0.4, 0.5) is 13.2 Å². The molecule has 1 aromatic rings. The smallest absolute Gasteiger partial charge is 0.416 e. The third-order valence-corrected chi connectivity index (χ3v) is 2.73. The Morgan fingerprint density at radius 1 is 1.10 bits per heavy atom. The van der Waals surface area contributed by atoms with Gasteiger partial charge in [-0.15, -0.1) is 0 Å². The normalized spacial score (nSPS) is 11.7. The van der Waals surface area contributed by atoms with Crippen molar-refractivity contribution in [3.63, 3.8) is 0 Å². The number of alkyl halides is 3. The molecule has 120 valence electrons. The first-order chi connectivity index (χ1) is 9.99. The fourth-order valence-corrected chi connectivity index (χ4v) is 1.67. The Bertz CT molecular complexity index is 424. The molecule has 0 aliphatic rings. The van der Waals surface area contributed by atoms with Gasteiger partial charge in [-0.1, -0.05) is 0 Å². The minimum absolute atomic E-state index is 0.0199. The van der Waals surface area contributed by atoms with Crippen LogP contribution >= 0.6 is 0 Å². The van der Waals surface area contributed by atoms with Crippen molar-refractivity contribution in [3.05, 3.63) is 29.3 Å². The molecule has 0 fully saturated rings. The summed E-state index contributed by atoms with van der Waals surface area (Å²) in [6.07, 6.45) is -3.60. The minimum Gasteiger partial charge on any atom is -0.491 e. The maximum Gasteiger partial charge on any atom is 0.416 e. The third-order valence-electron chi connectivity index (χ3n) is 2.73. The van der Waals surface area contributed by atoms with E-state index in [1.165, 1.54) is 6.07 Å². The lowest BCUT2D eigenvalue weighted by Crippen LogP contribution is -2.12. The van der Waals surface area contributed by atoms with E-state index in [1.54, 1.807) is 7.11 Å². The zero-order valence-corrected chi connectivity index (χ0v) is 11.9. The predicted octanol–water partition coefficient (Wildman–Crippen LogP) is 2.60. The number of ether oxygens (including phenoxy) is 3. The predicted molar refractivity (Wildman–Crippen MR) is 72.1 cm³/mol. The summed E-state index contributed by atoms with van der Waals surface area (Å²) in [5.74, 6) is 0.353. The average molecular weight is 307 g/mol. The van der Waals surface area contributed by atoms with Gasteiger partial charge in [0.05, 0.1) is 12.2 Å². The Labute approximate surface area is 122 Å². The monoisotopic (exact) mass is 307 g/mol. The fraction of sp³-hybridized carbons (Fsp3) is 0.571. The molecule has 0 saturated heterocycles. The van der Waals surface area contributed by atoms with Gasteiger partial charge in [-0.05, 0) is 24.6 Å². The highest BCUT2D eigenvalue weighted by molar-refractivity contribution is 5.38. The molecule has 21 heavy (non-hydrogen) atoms. The van der Waals surface area contributed by atoms with Gasteiger partial charge in [0.25, 0.3) is 0 Å². The molecule has 0 spiro atoms. The highest BCUT2D eigenvalue weighted by atomic mass is 19.4. The Kier molecular flexibility index (Phi) is 7.49. The van der Waals surface area contributed by atoms with E-state index in [0.717, 1.165) is 18.6 Å². The Balaban J connectivity index is 2.44. The van der Waals surface area contributed by atoms with Crippen LogP contribution < -0.4 is 10.5 Å². The van der Waals surface area contributed by atoms with E-state index in [-0.39, 0.29) is 13.2 Å². The first-order valence-electron chi connectivity index (χ1n) is 6.58. The second kappa shape index (κ2) is 8.86. The number of benzene rings is 1. The van der Waals surface area contributed by atoms with Gasteiger partial charge in [0.1, 0.15) is 12.4 Å². The lowest BCUT2D eigenvalue weighted by molar-refractivity contribution is -0.137. The van der Waals surface area contributed by atoms with Crippen LogP contribution in [-0.2, 0) is 22.2 Å². The van der Waals surface area contributed by atoms with E-state index < -0.39 is 11.7 Å². The van der Waals surface area contributed by atoms with Crippen LogP contribution in [0.3, 0.4) is 0 Å². The number of halogens is 3. The molecule has 0 amide bonds. The maximum absolute atomic E-state index is 12.6. The average Bonchev–Trinajstić information content (AvgIpc) is 2.45. The van der Waals surface area contributed by atoms with Gasteiger partial charge < -0.3 is 19.9 Å². The Morgan fingerprint density at radius 2 is 1.86 bits per heavy atom. The minimum atomic E-state index is -4.38. The first kappa shape index (κ1) is 17.7. The highest BCUT2D eigenvalue weighted by Crippen LogP contribution is 2.32. The van der Waals surface area contributed by atoms with E-state index in [9.17, 15) is 13.2 Å². The molecule has 0 radical (unpaired) electrons. The first-order valence-corrected chi connectivity index (χ1v) is 6.58. The van der Waals surface area contributed by atoms with E-state index in [2.05, 4.69) is 0 Å². The van der Waals surface area contributed by atoms with Crippen LogP contribution in [0.2, 0.25) is 0 Å². The summed E-state index contributed by atoms with van der Waals surface area (Å²) in [5.41, 5.74) is 5.05. The summed E-state index contributed by atoms with van der Waals surface area (Å²) < 4.78 is 53.3. The van der Waals surface area contributed by atoms with Crippen molar-refractivity contribution >= 4 is 0 Å². The summed E-state index contributed by atoms with van der Waals surface area (Å²) in [5, 5.41) is 0. The van der Waals surface area contributed by atoms with Crippen molar-refractivity contribution in [1.82, 2.24) is 0 Å². The molecule has 4 nitrogen and oxygen atoms in total. The van der Waals surface area contributed by atoms with E-state index in [4.69, 9.17) is 19.9 Å². The second-order valence-electron chi connectivity index (χ2n) is 4.33. The van der Waals surface area contributed by atoms with E-state index in [0.29, 0.717) is 31.1 Å². The van der Waals surface area contributed by atoms with Gasteiger partial charge in [0, 0.05) is 32.4 Å². The summed E-state index contributed by atoms with van der Waals surface area (Å²) in [7, 11) is 1.61. The van der Waals surface area contributed by atoms with Gasteiger partial charge in [0.15, 0.2) is 0 Å². The highest BCUT2D eigenvalue weighted by Gasteiger charge is 2.30. The number of rotatable bonds is 9. The van der Waals surface area contributed by atoms with Crippen LogP contribution in [0.5, 0.6) is 5.75 Å². The molecule has 1 rings (SSSR count). The van der Waals surface area contributed by atoms with Crippen LogP contribution in [-0.4, -0.2) is 33.5 Å². The molecule has 0 aromatic heterocycles. The van der Waals surface area contributed by atoms with Crippen LogP contribution in [0.25, 0.3) is 0 Å². The zero-order valence-electron chi connectivity index (χ0n) is 11.9. The maximum atomic E-state index is 12.6. The van der Waals surface area contributed by atoms with E-state index >= 15 is 0 Å². The molecule has 0 unspecified atom stereocenters. The molecular formula is C14H20F3NO3. The SMILES string of the molecule is COCCCOCCOc1ccc(C(F)(F)F)cc1CN. The Hall–Kier alpha value is -1.31. The summed E-state index contributed by atoms with van der Waals surface area (Å²) in [6.45, 7) is 1.76. The van der Waals surface area contributed by atoms with E-state index in [1.807, 2.05) is 0 Å². The zero-order chi connectivity index (χ0) is 15.7. The molecule has 0 atom stereocenters.